The molecule has 0 aliphatic carbocycles. The smallest absolute Gasteiger partial charge is 0.220 e. The monoisotopic (exact) mass is 155 g/mol. The first-order valence-electron chi connectivity index (χ1n) is 4.31. The maximum Gasteiger partial charge on any atom is 0.220 e. The van der Waals surface area contributed by atoms with Crippen molar-refractivity contribution in [2.24, 2.45) is 11.3 Å². The van der Waals surface area contributed by atoms with Crippen LogP contribution in [0.15, 0.2) is 0 Å². The van der Waals surface area contributed by atoms with E-state index in [0.29, 0.717) is 12.3 Å². The number of nitrogens with one attached hydrogen (secondary N) is 1. The molecule has 1 aliphatic heterocycles. The zero-order chi connectivity index (χ0) is 8.48. The van der Waals surface area contributed by atoms with Crippen LogP contribution in [0, 0.1) is 11.3 Å². The third-order valence-electron chi connectivity index (χ3n) is 2.98. The fraction of sp³-hybridized carbons (Fsp3) is 0.889. The molecule has 1 rings (SSSR count). The topological polar surface area (TPSA) is 29.1 Å². The Labute approximate surface area is 68.4 Å². The van der Waals surface area contributed by atoms with Crippen LogP contribution in [0.1, 0.15) is 33.6 Å². The number of piperidine rings is 1. The van der Waals surface area contributed by atoms with Gasteiger partial charge in [0.1, 0.15) is 0 Å². The molecule has 1 saturated heterocycles. The van der Waals surface area contributed by atoms with Crippen molar-refractivity contribution in [3.05, 3.63) is 0 Å². The van der Waals surface area contributed by atoms with E-state index in [-0.39, 0.29) is 11.3 Å². The fourth-order valence-corrected chi connectivity index (χ4v) is 1.50. The average Bonchev–Trinajstić information content (AvgIpc) is 1.86. The first-order chi connectivity index (χ1) is 5.04. The lowest BCUT2D eigenvalue weighted by atomic mass is 9.72. The van der Waals surface area contributed by atoms with Crippen LogP contribution in [0.2, 0.25) is 0 Å². The van der Waals surface area contributed by atoms with Gasteiger partial charge in [-0.15, -0.1) is 0 Å². The summed E-state index contributed by atoms with van der Waals surface area (Å²) < 4.78 is 0. The predicted octanol–water partition coefficient (Wildman–Crippen LogP) is 1.56. The maximum absolute atomic E-state index is 11.1. The zero-order valence-electron chi connectivity index (χ0n) is 7.61. The SMILES string of the molecule is CC(C)C1(C)CCNC(=O)C1. The molecule has 1 fully saturated rings. The molecule has 1 aliphatic rings. The number of hydrogen-bond donors (Lipinski definition) is 1. The van der Waals surface area contributed by atoms with Crippen LogP contribution in [0.5, 0.6) is 0 Å². The Bertz CT molecular complexity index is 165. The summed E-state index contributed by atoms with van der Waals surface area (Å²) in [5.74, 6) is 0.820. The quantitative estimate of drug-likeness (QED) is 0.611. The molecule has 1 N–H and O–H groups in total. The molecule has 2 nitrogen and oxygen atoms in total. The second kappa shape index (κ2) is 2.84. The van der Waals surface area contributed by atoms with Crippen LogP contribution in [0.3, 0.4) is 0 Å². The summed E-state index contributed by atoms with van der Waals surface area (Å²) in [6, 6.07) is 0. The molecule has 64 valence electrons. The first kappa shape index (κ1) is 8.57. The van der Waals surface area contributed by atoms with Gasteiger partial charge in [-0.3, -0.25) is 4.79 Å². The van der Waals surface area contributed by atoms with Gasteiger partial charge in [0.25, 0.3) is 0 Å². The van der Waals surface area contributed by atoms with E-state index in [9.17, 15) is 4.79 Å². The summed E-state index contributed by atoms with van der Waals surface area (Å²) in [5, 5.41) is 2.85. The second-order valence-corrected chi connectivity index (χ2v) is 4.09. The normalized spacial score (nSPS) is 32.2. The molecule has 11 heavy (non-hydrogen) atoms. The summed E-state index contributed by atoms with van der Waals surface area (Å²) in [6.45, 7) is 7.45. The van der Waals surface area contributed by atoms with Gasteiger partial charge in [0, 0.05) is 13.0 Å². The molecule has 0 aromatic carbocycles. The largest absolute Gasteiger partial charge is 0.356 e. The molecule has 2 heteroatoms. The molecule has 0 bridgehead atoms. The van der Waals surface area contributed by atoms with E-state index in [1.807, 2.05) is 0 Å². The Hall–Kier alpha value is -0.530. The maximum atomic E-state index is 11.1. The molecule has 0 saturated carbocycles. The highest BCUT2D eigenvalue weighted by Crippen LogP contribution is 2.36. The van der Waals surface area contributed by atoms with Gasteiger partial charge in [0.05, 0.1) is 0 Å². The molecular weight excluding hydrogens is 138 g/mol. The highest BCUT2D eigenvalue weighted by atomic mass is 16.1. The average molecular weight is 155 g/mol. The third kappa shape index (κ3) is 1.73. The molecule has 0 aromatic heterocycles. The number of rotatable bonds is 1. The van der Waals surface area contributed by atoms with E-state index in [0.717, 1.165) is 13.0 Å². The van der Waals surface area contributed by atoms with Crippen LogP contribution in [-0.4, -0.2) is 12.5 Å². The molecular formula is C9H17NO. The van der Waals surface area contributed by atoms with Gasteiger partial charge in [0.15, 0.2) is 0 Å². The molecule has 1 unspecified atom stereocenters. The van der Waals surface area contributed by atoms with Crippen molar-refractivity contribution < 1.29 is 4.79 Å². The van der Waals surface area contributed by atoms with Crippen molar-refractivity contribution in [3.8, 4) is 0 Å². The lowest BCUT2D eigenvalue weighted by Gasteiger charge is -2.36. The Kier molecular flexibility index (Phi) is 2.21. The van der Waals surface area contributed by atoms with Crippen molar-refractivity contribution >= 4 is 5.91 Å². The molecule has 1 amide bonds. The van der Waals surface area contributed by atoms with Crippen molar-refractivity contribution in [2.45, 2.75) is 33.6 Å². The minimum atomic E-state index is 0.215. The number of carbonyl (C=O) groups excluding carboxylic acids is 1. The summed E-state index contributed by atoms with van der Waals surface area (Å²) >= 11 is 0. The molecule has 0 aromatic rings. The lowest BCUT2D eigenvalue weighted by molar-refractivity contribution is -0.126. The number of carbonyl (C=O) groups is 1. The van der Waals surface area contributed by atoms with Crippen molar-refractivity contribution in [3.63, 3.8) is 0 Å². The van der Waals surface area contributed by atoms with Gasteiger partial charge in [-0.25, -0.2) is 0 Å². The van der Waals surface area contributed by atoms with E-state index < -0.39 is 0 Å². The number of hydrogen-bond acceptors (Lipinski definition) is 1. The predicted molar refractivity (Wildman–Crippen MR) is 45.2 cm³/mol. The molecule has 0 spiro atoms. The minimum absolute atomic E-state index is 0.215. The molecule has 1 atom stereocenters. The van der Waals surface area contributed by atoms with Crippen molar-refractivity contribution in [1.82, 2.24) is 5.32 Å². The van der Waals surface area contributed by atoms with Gasteiger partial charge in [-0.05, 0) is 17.8 Å². The van der Waals surface area contributed by atoms with Gasteiger partial charge in [0.2, 0.25) is 5.91 Å². The highest BCUT2D eigenvalue weighted by Gasteiger charge is 2.33. The first-order valence-corrected chi connectivity index (χ1v) is 4.31. The van der Waals surface area contributed by atoms with E-state index >= 15 is 0 Å². The minimum Gasteiger partial charge on any atom is -0.356 e. The van der Waals surface area contributed by atoms with Crippen LogP contribution >= 0.6 is 0 Å². The Morgan fingerprint density at radius 2 is 2.18 bits per heavy atom. The molecule has 0 radical (unpaired) electrons. The van der Waals surface area contributed by atoms with E-state index in [1.165, 1.54) is 0 Å². The van der Waals surface area contributed by atoms with Crippen molar-refractivity contribution in [1.29, 1.82) is 0 Å². The van der Waals surface area contributed by atoms with E-state index in [2.05, 4.69) is 26.1 Å². The Balaban J connectivity index is 2.62. The number of amides is 1. The standard InChI is InChI=1S/C9H17NO/c1-7(2)9(3)4-5-10-8(11)6-9/h7H,4-6H2,1-3H3,(H,10,11). The third-order valence-corrected chi connectivity index (χ3v) is 2.98. The Morgan fingerprint density at radius 3 is 2.55 bits per heavy atom. The fourth-order valence-electron chi connectivity index (χ4n) is 1.50. The Morgan fingerprint density at radius 1 is 1.55 bits per heavy atom. The van der Waals surface area contributed by atoms with Crippen LogP contribution in [0.4, 0.5) is 0 Å². The van der Waals surface area contributed by atoms with Gasteiger partial charge >= 0.3 is 0 Å². The van der Waals surface area contributed by atoms with Gasteiger partial charge in [-0.2, -0.15) is 0 Å². The highest BCUT2D eigenvalue weighted by molar-refractivity contribution is 5.77. The van der Waals surface area contributed by atoms with Gasteiger partial charge in [-0.1, -0.05) is 20.8 Å². The zero-order valence-corrected chi connectivity index (χ0v) is 7.61. The summed E-state index contributed by atoms with van der Waals surface area (Å²) in [6.07, 6.45) is 1.82. The summed E-state index contributed by atoms with van der Waals surface area (Å²) in [7, 11) is 0. The van der Waals surface area contributed by atoms with Crippen molar-refractivity contribution in [2.75, 3.05) is 6.54 Å². The van der Waals surface area contributed by atoms with Crippen LogP contribution < -0.4 is 5.32 Å². The lowest BCUT2D eigenvalue weighted by Crippen LogP contribution is -2.41. The van der Waals surface area contributed by atoms with Gasteiger partial charge < -0.3 is 5.32 Å². The summed E-state index contributed by atoms with van der Waals surface area (Å²) in [5.41, 5.74) is 0.238. The van der Waals surface area contributed by atoms with Crippen LogP contribution in [0.25, 0.3) is 0 Å². The molecule has 1 heterocycles. The van der Waals surface area contributed by atoms with E-state index in [4.69, 9.17) is 0 Å². The van der Waals surface area contributed by atoms with Crippen LogP contribution in [-0.2, 0) is 4.79 Å². The summed E-state index contributed by atoms with van der Waals surface area (Å²) in [4.78, 5) is 11.1. The second-order valence-electron chi connectivity index (χ2n) is 4.09. The van der Waals surface area contributed by atoms with E-state index in [1.54, 1.807) is 0 Å².